The standard InChI is InChI=1S/C12H11BrN4/c13-11-8(17-10-2-1-5-15-10)3-4-9-12(11)16-7-6-14-9/h3-4,6-7H,1-2,5H2,(H,15,17). The SMILES string of the molecule is Brc1c(NC2=NCCC2)ccc2nccnc12. The number of rotatable bonds is 1. The van der Waals surface area contributed by atoms with Crippen LogP contribution in [0, 0.1) is 0 Å². The van der Waals surface area contributed by atoms with Gasteiger partial charge in [-0.25, -0.2) is 0 Å². The van der Waals surface area contributed by atoms with Crippen molar-refractivity contribution in [2.75, 3.05) is 11.9 Å². The molecule has 0 fully saturated rings. The lowest BCUT2D eigenvalue weighted by Gasteiger charge is -2.09. The number of anilines is 1. The fraction of sp³-hybridized carbons (Fsp3) is 0.250. The molecule has 1 aliphatic heterocycles. The van der Waals surface area contributed by atoms with Crippen molar-refractivity contribution < 1.29 is 0 Å². The van der Waals surface area contributed by atoms with Crippen LogP contribution in [0.25, 0.3) is 11.0 Å². The number of hydrogen-bond acceptors (Lipinski definition) is 4. The Morgan fingerprint density at radius 1 is 1.18 bits per heavy atom. The van der Waals surface area contributed by atoms with Crippen molar-refractivity contribution in [1.82, 2.24) is 9.97 Å². The van der Waals surface area contributed by atoms with Crippen molar-refractivity contribution in [3.05, 3.63) is 29.0 Å². The third-order valence-electron chi connectivity index (χ3n) is 2.73. The van der Waals surface area contributed by atoms with E-state index in [1.54, 1.807) is 12.4 Å². The smallest absolute Gasteiger partial charge is 0.105 e. The number of halogens is 1. The Labute approximate surface area is 107 Å². The molecule has 0 radical (unpaired) electrons. The summed E-state index contributed by atoms with van der Waals surface area (Å²) in [6.45, 7) is 0.924. The van der Waals surface area contributed by atoms with E-state index in [-0.39, 0.29) is 0 Å². The van der Waals surface area contributed by atoms with Crippen LogP contribution in [0.1, 0.15) is 12.8 Å². The highest BCUT2D eigenvalue weighted by Crippen LogP contribution is 2.29. The van der Waals surface area contributed by atoms with Crippen LogP contribution in [0.5, 0.6) is 0 Å². The highest BCUT2D eigenvalue weighted by atomic mass is 79.9. The van der Waals surface area contributed by atoms with Crippen molar-refractivity contribution in [2.24, 2.45) is 4.99 Å². The fourth-order valence-electron chi connectivity index (χ4n) is 1.90. The molecule has 5 heteroatoms. The van der Waals surface area contributed by atoms with E-state index in [2.05, 4.69) is 36.2 Å². The summed E-state index contributed by atoms with van der Waals surface area (Å²) in [6.07, 6.45) is 5.55. The molecule has 0 bridgehead atoms. The average Bonchev–Trinajstić information content (AvgIpc) is 2.86. The van der Waals surface area contributed by atoms with Crippen molar-refractivity contribution in [3.8, 4) is 0 Å². The molecule has 0 spiro atoms. The molecule has 1 aromatic carbocycles. The summed E-state index contributed by atoms with van der Waals surface area (Å²) < 4.78 is 0.942. The van der Waals surface area contributed by atoms with E-state index < -0.39 is 0 Å². The molecule has 2 heterocycles. The maximum atomic E-state index is 4.40. The van der Waals surface area contributed by atoms with E-state index in [0.29, 0.717) is 0 Å². The summed E-state index contributed by atoms with van der Waals surface area (Å²) in [6, 6.07) is 3.97. The van der Waals surface area contributed by atoms with Gasteiger partial charge in [-0.1, -0.05) is 0 Å². The zero-order chi connectivity index (χ0) is 11.7. The number of hydrogen-bond donors (Lipinski definition) is 1. The van der Waals surface area contributed by atoms with E-state index in [1.807, 2.05) is 12.1 Å². The van der Waals surface area contributed by atoms with Crippen LogP contribution in [0.4, 0.5) is 5.69 Å². The summed E-state index contributed by atoms with van der Waals surface area (Å²) >= 11 is 3.57. The van der Waals surface area contributed by atoms with Gasteiger partial charge in [0.15, 0.2) is 0 Å². The molecule has 0 saturated heterocycles. The highest BCUT2D eigenvalue weighted by molar-refractivity contribution is 9.10. The third-order valence-corrected chi connectivity index (χ3v) is 3.53. The number of benzene rings is 1. The minimum Gasteiger partial charge on any atom is -0.343 e. The molecule has 0 unspecified atom stereocenters. The molecular weight excluding hydrogens is 280 g/mol. The summed E-state index contributed by atoms with van der Waals surface area (Å²) in [7, 11) is 0. The number of aliphatic imine (C=N–C) groups is 1. The quantitative estimate of drug-likeness (QED) is 0.878. The van der Waals surface area contributed by atoms with Gasteiger partial charge in [-0.3, -0.25) is 15.0 Å². The second-order valence-corrected chi connectivity index (χ2v) is 4.70. The van der Waals surface area contributed by atoms with Crippen molar-refractivity contribution in [2.45, 2.75) is 12.8 Å². The number of amidine groups is 1. The normalized spacial score (nSPS) is 15.0. The lowest BCUT2D eigenvalue weighted by molar-refractivity contribution is 0.951. The van der Waals surface area contributed by atoms with Gasteiger partial charge >= 0.3 is 0 Å². The van der Waals surface area contributed by atoms with Gasteiger partial charge in [0.1, 0.15) is 11.4 Å². The number of aromatic nitrogens is 2. The minimum atomic E-state index is 0.871. The van der Waals surface area contributed by atoms with Gasteiger partial charge in [0.05, 0.1) is 15.7 Å². The Kier molecular flexibility index (Phi) is 2.76. The van der Waals surface area contributed by atoms with Gasteiger partial charge in [-0.15, -0.1) is 0 Å². The number of fused-ring (bicyclic) bond motifs is 1. The second-order valence-electron chi connectivity index (χ2n) is 3.91. The first-order chi connectivity index (χ1) is 8.34. The summed E-state index contributed by atoms with van der Waals surface area (Å²) in [4.78, 5) is 13.0. The van der Waals surface area contributed by atoms with E-state index >= 15 is 0 Å². The summed E-state index contributed by atoms with van der Waals surface area (Å²) in [5.74, 6) is 1.05. The molecule has 0 aliphatic carbocycles. The maximum Gasteiger partial charge on any atom is 0.105 e. The van der Waals surface area contributed by atoms with Gasteiger partial charge in [-0.2, -0.15) is 0 Å². The van der Waals surface area contributed by atoms with Crippen molar-refractivity contribution in [3.63, 3.8) is 0 Å². The molecule has 2 aromatic rings. The monoisotopic (exact) mass is 290 g/mol. The van der Waals surface area contributed by atoms with Gasteiger partial charge in [0.2, 0.25) is 0 Å². The lowest BCUT2D eigenvalue weighted by atomic mass is 10.2. The van der Waals surface area contributed by atoms with Crippen molar-refractivity contribution >= 4 is 38.5 Å². The van der Waals surface area contributed by atoms with Crippen LogP contribution in [0.2, 0.25) is 0 Å². The Morgan fingerprint density at radius 2 is 2.06 bits per heavy atom. The molecule has 1 N–H and O–H groups in total. The molecule has 86 valence electrons. The average molecular weight is 291 g/mol. The predicted octanol–water partition coefficient (Wildman–Crippen LogP) is 3.00. The van der Waals surface area contributed by atoms with E-state index in [4.69, 9.17) is 0 Å². The Balaban J connectivity index is 2.02. The molecule has 0 atom stereocenters. The number of nitrogens with one attached hydrogen (secondary N) is 1. The third kappa shape index (κ3) is 2.02. The van der Waals surface area contributed by atoms with Gasteiger partial charge < -0.3 is 5.32 Å². The topological polar surface area (TPSA) is 50.2 Å². The Morgan fingerprint density at radius 3 is 2.88 bits per heavy atom. The van der Waals surface area contributed by atoms with Crippen LogP contribution in [-0.4, -0.2) is 22.3 Å². The molecule has 1 aliphatic rings. The Bertz CT molecular complexity index is 594. The van der Waals surface area contributed by atoms with Crippen LogP contribution >= 0.6 is 15.9 Å². The first-order valence-corrected chi connectivity index (χ1v) is 6.33. The minimum absolute atomic E-state index is 0.871. The molecule has 0 saturated carbocycles. The predicted molar refractivity (Wildman–Crippen MR) is 72.4 cm³/mol. The van der Waals surface area contributed by atoms with Gasteiger partial charge in [0.25, 0.3) is 0 Å². The van der Waals surface area contributed by atoms with Crippen LogP contribution < -0.4 is 5.32 Å². The first-order valence-electron chi connectivity index (χ1n) is 5.54. The van der Waals surface area contributed by atoms with Crippen molar-refractivity contribution in [1.29, 1.82) is 0 Å². The summed E-state index contributed by atoms with van der Waals surface area (Å²) in [5, 5.41) is 3.34. The molecular formula is C12H11BrN4. The zero-order valence-electron chi connectivity index (χ0n) is 9.15. The lowest BCUT2D eigenvalue weighted by Crippen LogP contribution is -2.08. The molecule has 0 amide bonds. The second kappa shape index (κ2) is 4.41. The maximum absolute atomic E-state index is 4.40. The van der Waals surface area contributed by atoms with Gasteiger partial charge in [-0.05, 0) is 34.5 Å². The first kappa shape index (κ1) is 10.7. The van der Waals surface area contributed by atoms with E-state index in [1.165, 1.54) is 0 Å². The molecule has 3 rings (SSSR count). The summed E-state index contributed by atoms with van der Waals surface area (Å²) in [5.41, 5.74) is 2.76. The van der Waals surface area contributed by atoms with Crippen LogP contribution in [0.15, 0.2) is 34.0 Å². The van der Waals surface area contributed by atoms with E-state index in [9.17, 15) is 0 Å². The van der Waals surface area contributed by atoms with Crippen LogP contribution in [0.3, 0.4) is 0 Å². The van der Waals surface area contributed by atoms with E-state index in [0.717, 1.165) is 46.4 Å². The highest BCUT2D eigenvalue weighted by Gasteiger charge is 2.10. The number of nitrogens with zero attached hydrogens (tertiary/aromatic N) is 3. The van der Waals surface area contributed by atoms with Crippen LogP contribution in [-0.2, 0) is 0 Å². The fourth-order valence-corrected chi connectivity index (χ4v) is 2.43. The zero-order valence-corrected chi connectivity index (χ0v) is 10.7. The largest absolute Gasteiger partial charge is 0.343 e. The molecule has 1 aromatic heterocycles. The van der Waals surface area contributed by atoms with Gasteiger partial charge in [0, 0.05) is 25.4 Å². The molecule has 17 heavy (non-hydrogen) atoms. The Hall–Kier alpha value is -1.49. The molecule has 4 nitrogen and oxygen atoms in total.